The Bertz CT molecular complexity index is 1190. The van der Waals surface area contributed by atoms with E-state index in [9.17, 15) is 4.79 Å². The number of nitrogens with zero attached hydrogens (tertiary/aromatic N) is 3. The van der Waals surface area contributed by atoms with Gasteiger partial charge in [0.15, 0.2) is 5.82 Å². The van der Waals surface area contributed by atoms with Gasteiger partial charge in [-0.3, -0.25) is 4.79 Å². The van der Waals surface area contributed by atoms with Crippen molar-refractivity contribution in [3.05, 3.63) is 69.9 Å². The monoisotopic (exact) mass is 480 g/mol. The number of fused-ring (bicyclic) bond motifs is 1. The Balaban J connectivity index is 1.50. The zero-order chi connectivity index (χ0) is 24.1. The first kappa shape index (κ1) is 23.9. The number of methoxy groups -OCH3 is 1. The number of hydrogen-bond acceptors (Lipinski definition) is 7. The van der Waals surface area contributed by atoms with Crippen LogP contribution in [0.1, 0.15) is 27.0 Å². The molecular formula is C25H29ClN6O2. The molecule has 1 amide bonds. The van der Waals surface area contributed by atoms with Crippen LogP contribution < -0.4 is 16.4 Å². The molecule has 0 spiro atoms. The quantitative estimate of drug-likeness (QED) is 0.446. The first-order valence-electron chi connectivity index (χ1n) is 11.2. The van der Waals surface area contributed by atoms with Crippen LogP contribution in [0, 0.1) is 6.92 Å². The van der Waals surface area contributed by atoms with Gasteiger partial charge in [0, 0.05) is 43.7 Å². The van der Waals surface area contributed by atoms with Crippen LogP contribution in [0.25, 0.3) is 0 Å². The number of anilines is 4. The first-order valence-corrected chi connectivity index (χ1v) is 11.6. The average molecular weight is 481 g/mol. The summed E-state index contributed by atoms with van der Waals surface area (Å²) in [5, 5.41) is 6.85. The summed E-state index contributed by atoms with van der Waals surface area (Å²) < 4.78 is 5.23. The van der Waals surface area contributed by atoms with Gasteiger partial charge in [-0.25, -0.2) is 4.98 Å². The lowest BCUT2D eigenvalue weighted by atomic mass is 10.0. The maximum Gasteiger partial charge on any atom is 0.249 e. The summed E-state index contributed by atoms with van der Waals surface area (Å²) in [5.41, 5.74) is 11.0. The maximum atomic E-state index is 11.7. The molecule has 1 aromatic heterocycles. The van der Waals surface area contributed by atoms with Gasteiger partial charge in [0.05, 0.1) is 12.8 Å². The zero-order valence-corrected chi connectivity index (χ0v) is 20.2. The molecule has 0 saturated heterocycles. The lowest BCUT2D eigenvalue weighted by Gasteiger charge is -2.18. The minimum Gasteiger partial charge on any atom is -0.383 e. The lowest BCUT2D eigenvalue weighted by Crippen LogP contribution is -2.29. The van der Waals surface area contributed by atoms with Crippen LogP contribution in [0.3, 0.4) is 0 Å². The van der Waals surface area contributed by atoms with E-state index in [1.165, 1.54) is 11.1 Å². The van der Waals surface area contributed by atoms with E-state index in [4.69, 9.17) is 22.1 Å². The number of ether oxygens (including phenoxy) is 1. The van der Waals surface area contributed by atoms with E-state index >= 15 is 0 Å². The van der Waals surface area contributed by atoms with Crippen molar-refractivity contribution in [1.29, 1.82) is 0 Å². The fraction of sp³-hybridized carbons (Fsp3) is 0.320. The number of aromatic nitrogens is 2. The van der Waals surface area contributed by atoms with Gasteiger partial charge >= 0.3 is 0 Å². The van der Waals surface area contributed by atoms with E-state index in [1.54, 1.807) is 25.4 Å². The van der Waals surface area contributed by atoms with Crippen LogP contribution in [0.15, 0.2) is 42.6 Å². The fourth-order valence-electron chi connectivity index (χ4n) is 4.10. The van der Waals surface area contributed by atoms with E-state index in [2.05, 4.69) is 43.7 Å². The molecule has 4 N–H and O–H groups in total. The highest BCUT2D eigenvalue weighted by Crippen LogP contribution is 2.28. The molecule has 0 radical (unpaired) electrons. The highest BCUT2D eigenvalue weighted by molar-refractivity contribution is 6.33. The summed E-state index contributed by atoms with van der Waals surface area (Å²) in [6, 6.07) is 11.7. The predicted octanol–water partition coefficient (Wildman–Crippen LogP) is 4.07. The van der Waals surface area contributed by atoms with Crippen molar-refractivity contribution in [1.82, 2.24) is 14.9 Å². The van der Waals surface area contributed by atoms with Crippen molar-refractivity contribution >= 4 is 40.6 Å². The molecule has 1 aliphatic heterocycles. The van der Waals surface area contributed by atoms with Gasteiger partial charge in [0.1, 0.15) is 5.02 Å². The first-order chi connectivity index (χ1) is 16.4. The number of rotatable bonds is 8. The number of amides is 1. The average Bonchev–Trinajstić information content (AvgIpc) is 3.03. The molecule has 8 nitrogen and oxygen atoms in total. The smallest absolute Gasteiger partial charge is 0.249 e. The molecule has 0 unspecified atom stereocenters. The molecule has 2 heterocycles. The number of primary amides is 1. The summed E-state index contributed by atoms with van der Waals surface area (Å²) in [7, 11) is 1.74. The van der Waals surface area contributed by atoms with Crippen LogP contribution in [-0.2, 0) is 17.6 Å². The maximum absolute atomic E-state index is 11.7. The van der Waals surface area contributed by atoms with Crippen molar-refractivity contribution in [2.24, 2.45) is 5.73 Å². The van der Waals surface area contributed by atoms with Crippen molar-refractivity contribution in [3.63, 3.8) is 0 Å². The SMILES string of the molecule is COCCN1CCc2ccc(Nc3ncc(Cl)c(Nc4cccc(C(N)=O)c4C)n3)cc2CC1. The molecule has 0 fully saturated rings. The molecule has 9 heteroatoms. The number of carbonyl (C=O) groups excluding carboxylic acids is 1. The molecule has 0 atom stereocenters. The second-order valence-corrected chi connectivity index (χ2v) is 8.71. The van der Waals surface area contributed by atoms with E-state index < -0.39 is 5.91 Å². The third-order valence-corrected chi connectivity index (χ3v) is 6.34. The number of nitrogens with one attached hydrogen (secondary N) is 2. The van der Waals surface area contributed by atoms with E-state index in [1.807, 2.05) is 13.0 Å². The summed E-state index contributed by atoms with van der Waals surface area (Å²) >= 11 is 6.35. The Labute approximate surface area is 204 Å². The van der Waals surface area contributed by atoms with Crippen LogP contribution >= 0.6 is 11.6 Å². The van der Waals surface area contributed by atoms with Gasteiger partial charge in [-0.1, -0.05) is 23.7 Å². The minimum atomic E-state index is -0.484. The zero-order valence-electron chi connectivity index (χ0n) is 19.4. The lowest BCUT2D eigenvalue weighted by molar-refractivity contribution is 0.0999. The topological polar surface area (TPSA) is 105 Å². The highest BCUT2D eigenvalue weighted by Gasteiger charge is 2.15. The van der Waals surface area contributed by atoms with E-state index in [0.29, 0.717) is 28.0 Å². The highest BCUT2D eigenvalue weighted by atomic mass is 35.5. The number of halogens is 1. The number of nitrogens with two attached hydrogens (primary N) is 1. The van der Waals surface area contributed by atoms with Gasteiger partial charge in [0.25, 0.3) is 0 Å². The van der Waals surface area contributed by atoms with Crippen LogP contribution in [0.2, 0.25) is 5.02 Å². The Morgan fingerprint density at radius 3 is 2.74 bits per heavy atom. The molecule has 2 aromatic carbocycles. The van der Waals surface area contributed by atoms with E-state index in [-0.39, 0.29) is 0 Å². The number of carbonyl (C=O) groups is 1. The van der Waals surface area contributed by atoms with Crippen LogP contribution in [0.4, 0.5) is 23.1 Å². The van der Waals surface area contributed by atoms with Gasteiger partial charge in [-0.15, -0.1) is 0 Å². The molecule has 0 bridgehead atoms. The van der Waals surface area contributed by atoms with Crippen LogP contribution in [-0.4, -0.2) is 54.1 Å². The summed E-state index contributed by atoms with van der Waals surface area (Å²) in [6.45, 7) is 5.57. The molecule has 3 aromatic rings. The molecule has 0 saturated carbocycles. The fourth-order valence-corrected chi connectivity index (χ4v) is 4.24. The van der Waals surface area contributed by atoms with Crippen molar-refractivity contribution in [3.8, 4) is 0 Å². The van der Waals surface area contributed by atoms with Crippen molar-refractivity contribution < 1.29 is 9.53 Å². The molecule has 0 aliphatic carbocycles. The number of benzene rings is 2. The van der Waals surface area contributed by atoms with Gasteiger partial charge in [-0.2, -0.15) is 4.98 Å². The second-order valence-electron chi connectivity index (χ2n) is 8.30. The van der Waals surface area contributed by atoms with Gasteiger partial charge in [-0.05, 0) is 60.7 Å². The molecule has 34 heavy (non-hydrogen) atoms. The largest absolute Gasteiger partial charge is 0.383 e. The van der Waals surface area contributed by atoms with Gasteiger partial charge in [0.2, 0.25) is 11.9 Å². The second kappa shape index (κ2) is 10.8. The minimum absolute atomic E-state index is 0.368. The molecule has 178 valence electrons. The Kier molecular flexibility index (Phi) is 7.62. The summed E-state index contributed by atoms with van der Waals surface area (Å²) in [6.07, 6.45) is 3.55. The van der Waals surface area contributed by atoms with Crippen LogP contribution in [0.5, 0.6) is 0 Å². The van der Waals surface area contributed by atoms with Gasteiger partial charge < -0.3 is 26.0 Å². The van der Waals surface area contributed by atoms with Crippen molar-refractivity contribution in [2.45, 2.75) is 19.8 Å². The number of hydrogen-bond donors (Lipinski definition) is 3. The summed E-state index contributed by atoms with van der Waals surface area (Å²) in [5.74, 6) is 0.376. The normalized spacial score (nSPS) is 13.7. The molecular weight excluding hydrogens is 452 g/mol. The van der Waals surface area contributed by atoms with Crippen molar-refractivity contribution in [2.75, 3.05) is 44.0 Å². The third kappa shape index (κ3) is 5.64. The predicted molar refractivity (Wildman–Crippen MR) is 135 cm³/mol. The molecule has 1 aliphatic rings. The standard InChI is InChI=1S/C25H29ClN6O2/c1-16-20(23(27)33)4-3-5-22(16)30-24-21(26)15-28-25(31-24)29-19-7-6-17-8-10-32(12-13-34-2)11-9-18(17)14-19/h3-7,14-15H,8-13H2,1-2H3,(H2,27,33)(H2,28,29,30,31). The van der Waals surface area contributed by atoms with E-state index in [0.717, 1.165) is 50.3 Å². The Hall–Kier alpha value is -3.20. The molecule has 4 rings (SSSR count). The Morgan fingerprint density at radius 2 is 1.97 bits per heavy atom. The summed E-state index contributed by atoms with van der Waals surface area (Å²) in [4.78, 5) is 23.0. The Morgan fingerprint density at radius 1 is 1.18 bits per heavy atom. The third-order valence-electron chi connectivity index (χ3n) is 6.07.